The smallest absolute Gasteiger partial charge is 0.192 e. The highest BCUT2D eigenvalue weighted by molar-refractivity contribution is 7.07. The molecule has 2 N–H and O–H groups in total. The largest absolute Gasteiger partial charge is 0.352 e. The van der Waals surface area contributed by atoms with Gasteiger partial charge in [0.15, 0.2) is 11.8 Å². The van der Waals surface area contributed by atoms with Gasteiger partial charge in [0.25, 0.3) is 0 Å². The summed E-state index contributed by atoms with van der Waals surface area (Å²) in [5, 5.41) is 19.2. The Bertz CT molecular complexity index is 807. The third-order valence-electron chi connectivity index (χ3n) is 3.90. The Hall–Kier alpha value is -2.67. The highest BCUT2D eigenvalue weighted by Crippen LogP contribution is 2.07. The molecule has 0 aliphatic heterocycles. The van der Waals surface area contributed by atoms with Crippen LogP contribution in [0.3, 0.4) is 0 Å². The van der Waals surface area contributed by atoms with Crippen LogP contribution in [0.4, 0.5) is 0 Å². The van der Waals surface area contributed by atoms with E-state index in [0.29, 0.717) is 19.6 Å². The molecule has 3 aromatic rings. The zero-order valence-electron chi connectivity index (χ0n) is 14.4. The Balaban J connectivity index is 1.64. The molecule has 2 heterocycles. The first-order valence-electron chi connectivity index (χ1n) is 8.14. The molecule has 2 aromatic heterocycles. The van der Waals surface area contributed by atoms with Crippen LogP contribution < -0.4 is 10.6 Å². The van der Waals surface area contributed by atoms with Crippen LogP contribution in [-0.4, -0.2) is 20.7 Å². The minimum absolute atomic E-state index is 0.571. The van der Waals surface area contributed by atoms with Gasteiger partial charge < -0.3 is 15.2 Å². The number of benzene rings is 1. The monoisotopic (exact) mass is 354 g/mol. The molecule has 0 amide bonds. The quantitative estimate of drug-likeness (QED) is 0.527. The molecule has 25 heavy (non-hydrogen) atoms. The highest BCUT2D eigenvalue weighted by atomic mass is 32.1. The Morgan fingerprint density at radius 1 is 1.08 bits per heavy atom. The maximum absolute atomic E-state index is 4.68. The molecule has 1 aromatic carbocycles. The van der Waals surface area contributed by atoms with Crippen LogP contribution in [0.1, 0.15) is 22.8 Å². The van der Waals surface area contributed by atoms with Crippen LogP contribution in [0.5, 0.6) is 0 Å². The SMILES string of the molecule is Cc1nnc(CNC(=NCc2ccsc2)NCc2ccccc2)n1C. The third-order valence-corrected chi connectivity index (χ3v) is 4.63. The zero-order chi connectivity index (χ0) is 17.5. The van der Waals surface area contributed by atoms with Gasteiger partial charge in [-0.2, -0.15) is 11.3 Å². The lowest BCUT2D eigenvalue weighted by Crippen LogP contribution is -2.37. The van der Waals surface area contributed by atoms with Crippen molar-refractivity contribution in [3.8, 4) is 0 Å². The number of nitrogens with one attached hydrogen (secondary N) is 2. The second-order valence-electron chi connectivity index (χ2n) is 5.71. The fourth-order valence-corrected chi connectivity index (χ4v) is 2.94. The van der Waals surface area contributed by atoms with E-state index >= 15 is 0 Å². The van der Waals surface area contributed by atoms with Crippen LogP contribution in [-0.2, 0) is 26.7 Å². The molecule has 3 rings (SSSR count). The fourth-order valence-electron chi connectivity index (χ4n) is 2.28. The molecule has 7 heteroatoms. The first kappa shape index (κ1) is 17.2. The van der Waals surface area contributed by atoms with Crippen molar-refractivity contribution in [2.75, 3.05) is 0 Å². The van der Waals surface area contributed by atoms with Gasteiger partial charge in [0.1, 0.15) is 5.82 Å². The number of hydrogen-bond donors (Lipinski definition) is 2. The molecular weight excluding hydrogens is 332 g/mol. The summed E-state index contributed by atoms with van der Waals surface area (Å²) in [5.74, 6) is 2.53. The lowest BCUT2D eigenvalue weighted by atomic mass is 10.2. The number of aliphatic imine (C=N–C) groups is 1. The Morgan fingerprint density at radius 3 is 2.56 bits per heavy atom. The van der Waals surface area contributed by atoms with Gasteiger partial charge in [0.05, 0.1) is 13.1 Å². The molecule has 6 nitrogen and oxygen atoms in total. The Morgan fingerprint density at radius 2 is 1.88 bits per heavy atom. The van der Waals surface area contributed by atoms with E-state index in [1.54, 1.807) is 11.3 Å². The lowest BCUT2D eigenvalue weighted by Gasteiger charge is -2.12. The summed E-state index contributed by atoms with van der Waals surface area (Å²) >= 11 is 1.68. The van der Waals surface area contributed by atoms with Crippen LogP contribution >= 0.6 is 11.3 Å². The van der Waals surface area contributed by atoms with Gasteiger partial charge in [-0.25, -0.2) is 4.99 Å². The van der Waals surface area contributed by atoms with E-state index in [0.717, 1.165) is 17.6 Å². The van der Waals surface area contributed by atoms with Crippen molar-refractivity contribution in [3.05, 3.63) is 69.9 Å². The molecule has 0 unspecified atom stereocenters. The summed E-state index contributed by atoms with van der Waals surface area (Å²) in [7, 11) is 1.96. The lowest BCUT2D eigenvalue weighted by molar-refractivity contribution is 0.714. The normalized spacial score (nSPS) is 11.5. The van der Waals surface area contributed by atoms with Crippen molar-refractivity contribution in [3.63, 3.8) is 0 Å². The molecule has 0 radical (unpaired) electrons. The van der Waals surface area contributed by atoms with Gasteiger partial charge in [0.2, 0.25) is 0 Å². The molecular formula is C18H22N6S. The molecule has 0 saturated carbocycles. The van der Waals surface area contributed by atoms with E-state index in [1.807, 2.05) is 36.7 Å². The zero-order valence-corrected chi connectivity index (χ0v) is 15.3. The Kier molecular flexibility index (Phi) is 5.79. The molecule has 0 saturated heterocycles. The number of thiophene rings is 1. The van der Waals surface area contributed by atoms with Gasteiger partial charge in [-0.15, -0.1) is 10.2 Å². The minimum atomic E-state index is 0.571. The molecule has 0 aliphatic rings. The maximum atomic E-state index is 4.68. The average Bonchev–Trinajstić information content (AvgIpc) is 3.27. The number of aromatic nitrogens is 3. The van der Waals surface area contributed by atoms with Crippen LogP contribution in [0.2, 0.25) is 0 Å². The van der Waals surface area contributed by atoms with Crippen LogP contribution in [0.15, 0.2) is 52.2 Å². The fraction of sp³-hybridized carbons (Fsp3) is 0.278. The number of aryl methyl sites for hydroxylation is 1. The van der Waals surface area contributed by atoms with Crippen molar-refractivity contribution < 1.29 is 0 Å². The van der Waals surface area contributed by atoms with Gasteiger partial charge in [-0.05, 0) is 34.9 Å². The van der Waals surface area contributed by atoms with Gasteiger partial charge in [0, 0.05) is 13.6 Å². The van der Waals surface area contributed by atoms with Crippen molar-refractivity contribution >= 4 is 17.3 Å². The molecule has 0 fully saturated rings. The first-order valence-corrected chi connectivity index (χ1v) is 9.08. The number of rotatable bonds is 6. The molecule has 0 aliphatic carbocycles. The number of guanidine groups is 1. The average molecular weight is 354 g/mol. The molecule has 0 spiro atoms. The van der Waals surface area contributed by atoms with Gasteiger partial charge in [-0.3, -0.25) is 0 Å². The second-order valence-corrected chi connectivity index (χ2v) is 6.49. The summed E-state index contributed by atoms with van der Waals surface area (Å²) in [5.41, 5.74) is 2.42. The van der Waals surface area contributed by atoms with Crippen molar-refractivity contribution in [2.24, 2.45) is 12.0 Å². The van der Waals surface area contributed by atoms with Crippen molar-refractivity contribution in [1.82, 2.24) is 25.4 Å². The number of nitrogens with zero attached hydrogens (tertiary/aromatic N) is 4. The topological polar surface area (TPSA) is 67.1 Å². The number of hydrogen-bond acceptors (Lipinski definition) is 4. The summed E-state index contributed by atoms with van der Waals surface area (Å²) in [6, 6.07) is 12.4. The summed E-state index contributed by atoms with van der Waals surface area (Å²) in [6.07, 6.45) is 0. The van der Waals surface area contributed by atoms with E-state index in [4.69, 9.17) is 0 Å². The predicted molar refractivity (Wildman–Crippen MR) is 101 cm³/mol. The van der Waals surface area contributed by atoms with E-state index in [2.05, 4.69) is 54.8 Å². The highest BCUT2D eigenvalue weighted by Gasteiger charge is 2.06. The minimum Gasteiger partial charge on any atom is -0.352 e. The Labute approximate surface area is 151 Å². The summed E-state index contributed by atoms with van der Waals surface area (Å²) in [4.78, 5) is 4.68. The van der Waals surface area contributed by atoms with Crippen molar-refractivity contribution in [2.45, 2.75) is 26.6 Å². The third kappa shape index (κ3) is 4.90. The van der Waals surface area contributed by atoms with E-state index in [-0.39, 0.29) is 0 Å². The molecule has 0 bridgehead atoms. The summed E-state index contributed by atoms with van der Waals surface area (Å²) in [6.45, 7) is 3.87. The standard InChI is InChI=1S/C18H22N6S/c1-14-22-23-17(24(14)2)12-21-18(20-11-16-8-9-25-13-16)19-10-15-6-4-3-5-7-15/h3-9,13H,10-12H2,1-2H3,(H2,19,20,21). The van der Waals surface area contributed by atoms with Crippen LogP contribution in [0, 0.1) is 6.92 Å². The van der Waals surface area contributed by atoms with Gasteiger partial charge in [-0.1, -0.05) is 30.3 Å². The van der Waals surface area contributed by atoms with Crippen LogP contribution in [0.25, 0.3) is 0 Å². The molecule has 0 atom stereocenters. The maximum Gasteiger partial charge on any atom is 0.192 e. The van der Waals surface area contributed by atoms with E-state index in [1.165, 1.54) is 11.1 Å². The van der Waals surface area contributed by atoms with E-state index < -0.39 is 0 Å². The van der Waals surface area contributed by atoms with Gasteiger partial charge >= 0.3 is 0 Å². The second kappa shape index (κ2) is 8.43. The van der Waals surface area contributed by atoms with E-state index in [9.17, 15) is 0 Å². The molecule has 130 valence electrons. The predicted octanol–water partition coefficient (Wildman–Crippen LogP) is 2.62. The van der Waals surface area contributed by atoms with Crippen molar-refractivity contribution in [1.29, 1.82) is 0 Å². The summed E-state index contributed by atoms with van der Waals surface area (Å²) < 4.78 is 1.97. The first-order chi connectivity index (χ1) is 12.2.